The van der Waals surface area contributed by atoms with Crippen molar-refractivity contribution in [2.45, 2.75) is 77.0 Å². The van der Waals surface area contributed by atoms with Gasteiger partial charge in [0.05, 0.1) is 0 Å². The average molecular weight is 328 g/mol. The molecular formula is C20H31F3. The van der Waals surface area contributed by atoms with E-state index in [0.717, 1.165) is 31.1 Å². The van der Waals surface area contributed by atoms with E-state index >= 15 is 0 Å². The van der Waals surface area contributed by atoms with Crippen LogP contribution in [0.1, 0.15) is 77.0 Å². The fourth-order valence-electron chi connectivity index (χ4n) is 4.67. The summed E-state index contributed by atoms with van der Waals surface area (Å²) in [6.45, 7) is 3.76. The van der Waals surface area contributed by atoms with Crippen LogP contribution in [0.3, 0.4) is 0 Å². The number of hydrogen-bond acceptors (Lipinski definition) is 0. The van der Waals surface area contributed by atoms with Gasteiger partial charge in [0.1, 0.15) is 0 Å². The molecule has 0 aromatic rings. The highest BCUT2D eigenvalue weighted by Gasteiger charge is 2.32. The average Bonchev–Trinajstić information content (AvgIpc) is 2.59. The largest absolute Gasteiger partial charge is 0.301 e. The van der Waals surface area contributed by atoms with Crippen LogP contribution in [0.15, 0.2) is 24.6 Å². The van der Waals surface area contributed by atoms with E-state index in [1.54, 1.807) is 0 Å². The van der Waals surface area contributed by atoms with Gasteiger partial charge in [-0.25, -0.2) is 4.39 Å². The lowest BCUT2D eigenvalue weighted by atomic mass is 9.68. The summed E-state index contributed by atoms with van der Waals surface area (Å²) in [6, 6.07) is 0. The summed E-state index contributed by atoms with van der Waals surface area (Å²) in [5.74, 6) is 0.614. The Kier molecular flexibility index (Phi) is 7.72. The van der Waals surface area contributed by atoms with Crippen LogP contribution in [0, 0.1) is 23.7 Å². The Morgan fingerprint density at radius 2 is 1.39 bits per heavy atom. The Labute approximate surface area is 139 Å². The highest BCUT2D eigenvalue weighted by atomic mass is 19.3. The summed E-state index contributed by atoms with van der Waals surface area (Å²) in [5.41, 5.74) is 0. The van der Waals surface area contributed by atoms with Gasteiger partial charge in [0, 0.05) is 5.92 Å². The van der Waals surface area contributed by atoms with Gasteiger partial charge >= 0.3 is 6.08 Å². The molecule has 0 bridgehead atoms. The molecule has 2 aliphatic rings. The van der Waals surface area contributed by atoms with Gasteiger partial charge in [-0.1, -0.05) is 31.8 Å². The Balaban J connectivity index is 1.67. The fraction of sp³-hybridized carbons (Fsp3) is 0.800. The number of rotatable bonds is 7. The van der Waals surface area contributed by atoms with Gasteiger partial charge in [0.25, 0.3) is 0 Å². The van der Waals surface area contributed by atoms with Gasteiger partial charge < -0.3 is 0 Å². The Morgan fingerprint density at radius 1 is 0.826 bits per heavy atom. The van der Waals surface area contributed by atoms with Crippen LogP contribution < -0.4 is 0 Å². The molecule has 0 nitrogen and oxygen atoms in total. The maximum absolute atomic E-state index is 13.3. The number of unbranched alkanes of at least 4 members (excludes halogenated alkanes) is 2. The Hall–Kier alpha value is -0.730. The third kappa shape index (κ3) is 5.69. The molecule has 2 saturated carbocycles. The minimum absolute atomic E-state index is 0.516. The summed E-state index contributed by atoms with van der Waals surface area (Å²) in [7, 11) is 0. The zero-order chi connectivity index (χ0) is 16.7. The molecule has 0 amide bonds. The van der Waals surface area contributed by atoms with E-state index in [1.165, 1.54) is 44.9 Å². The van der Waals surface area contributed by atoms with Gasteiger partial charge in [-0.2, -0.15) is 8.78 Å². The SMILES string of the molecule is C=CCCCCC1CCC(C2CCC(C(F)=C(F)F)CC2)CC1. The van der Waals surface area contributed by atoms with Crippen molar-refractivity contribution in [1.82, 2.24) is 0 Å². The van der Waals surface area contributed by atoms with Gasteiger partial charge in [0.15, 0.2) is 5.83 Å². The maximum atomic E-state index is 13.3. The molecule has 0 radical (unpaired) electrons. The minimum atomic E-state index is -2.11. The predicted molar refractivity (Wildman–Crippen MR) is 89.9 cm³/mol. The first-order valence-corrected chi connectivity index (χ1v) is 9.43. The molecule has 2 fully saturated rings. The lowest BCUT2D eigenvalue weighted by Gasteiger charge is -2.37. The molecule has 23 heavy (non-hydrogen) atoms. The highest BCUT2D eigenvalue weighted by molar-refractivity contribution is 5.00. The van der Waals surface area contributed by atoms with Crippen LogP contribution in [0.2, 0.25) is 0 Å². The van der Waals surface area contributed by atoms with E-state index in [1.807, 2.05) is 6.08 Å². The molecule has 2 rings (SSSR count). The standard InChI is InChI=1S/C20H31F3/c1-2-3-4-5-6-15-7-9-16(10-8-15)17-11-13-18(14-12-17)19(21)20(22)23/h2,15-18H,1,3-14H2. The molecule has 3 heteroatoms. The Morgan fingerprint density at radius 3 is 1.91 bits per heavy atom. The van der Waals surface area contributed by atoms with Crippen molar-refractivity contribution in [2.75, 3.05) is 0 Å². The number of hydrogen-bond donors (Lipinski definition) is 0. The lowest BCUT2D eigenvalue weighted by molar-refractivity contribution is 0.142. The first-order valence-electron chi connectivity index (χ1n) is 9.43. The van der Waals surface area contributed by atoms with Crippen molar-refractivity contribution in [1.29, 1.82) is 0 Å². The second-order valence-electron chi connectivity index (χ2n) is 7.57. The zero-order valence-electron chi connectivity index (χ0n) is 14.2. The highest BCUT2D eigenvalue weighted by Crippen LogP contribution is 2.44. The van der Waals surface area contributed by atoms with E-state index in [4.69, 9.17) is 0 Å². The summed E-state index contributed by atoms with van der Waals surface area (Å²) in [4.78, 5) is 0. The zero-order valence-corrected chi connectivity index (χ0v) is 14.2. The van der Waals surface area contributed by atoms with Gasteiger partial charge in [-0.15, -0.1) is 6.58 Å². The van der Waals surface area contributed by atoms with Crippen molar-refractivity contribution in [2.24, 2.45) is 23.7 Å². The van der Waals surface area contributed by atoms with Crippen molar-refractivity contribution in [3.05, 3.63) is 24.6 Å². The summed E-state index contributed by atoms with van der Waals surface area (Å²) < 4.78 is 38.0. The monoisotopic (exact) mass is 328 g/mol. The van der Waals surface area contributed by atoms with E-state index in [2.05, 4.69) is 6.58 Å². The first-order chi connectivity index (χ1) is 11.1. The molecule has 0 spiro atoms. The van der Waals surface area contributed by atoms with E-state index in [9.17, 15) is 13.2 Å². The molecule has 0 aliphatic heterocycles. The summed E-state index contributed by atoms with van der Waals surface area (Å²) in [6.07, 6.45) is 13.2. The van der Waals surface area contributed by atoms with Crippen molar-refractivity contribution >= 4 is 0 Å². The van der Waals surface area contributed by atoms with Gasteiger partial charge in [0.2, 0.25) is 0 Å². The molecule has 0 aromatic carbocycles. The number of halogens is 3. The number of allylic oxidation sites excluding steroid dienone is 2. The molecule has 0 aromatic heterocycles. The molecule has 0 N–H and O–H groups in total. The molecule has 0 saturated heterocycles. The van der Waals surface area contributed by atoms with Crippen molar-refractivity contribution < 1.29 is 13.2 Å². The summed E-state index contributed by atoms with van der Waals surface area (Å²) >= 11 is 0. The molecule has 0 heterocycles. The molecule has 0 atom stereocenters. The van der Waals surface area contributed by atoms with Crippen LogP contribution >= 0.6 is 0 Å². The van der Waals surface area contributed by atoms with E-state index in [-0.39, 0.29) is 0 Å². The van der Waals surface area contributed by atoms with Crippen LogP contribution in [0.25, 0.3) is 0 Å². The topological polar surface area (TPSA) is 0 Å². The molecular weight excluding hydrogens is 297 g/mol. The third-order valence-corrected chi connectivity index (χ3v) is 6.14. The maximum Gasteiger partial charge on any atom is 0.301 e. The van der Waals surface area contributed by atoms with Gasteiger partial charge in [-0.05, 0) is 69.1 Å². The molecule has 132 valence electrons. The minimum Gasteiger partial charge on any atom is -0.206 e. The van der Waals surface area contributed by atoms with Crippen LogP contribution in [-0.4, -0.2) is 0 Å². The third-order valence-electron chi connectivity index (χ3n) is 6.14. The normalized spacial score (nSPS) is 31.6. The van der Waals surface area contributed by atoms with Crippen molar-refractivity contribution in [3.63, 3.8) is 0 Å². The quantitative estimate of drug-likeness (QED) is 0.337. The molecule has 2 aliphatic carbocycles. The second kappa shape index (κ2) is 9.54. The Bertz CT molecular complexity index is 382. The first kappa shape index (κ1) is 18.6. The van der Waals surface area contributed by atoms with E-state index in [0.29, 0.717) is 18.8 Å². The predicted octanol–water partition coefficient (Wildman–Crippen LogP) is 7.42. The van der Waals surface area contributed by atoms with E-state index < -0.39 is 17.8 Å². The van der Waals surface area contributed by atoms with Crippen molar-refractivity contribution in [3.8, 4) is 0 Å². The lowest BCUT2D eigenvalue weighted by Crippen LogP contribution is -2.26. The van der Waals surface area contributed by atoms with Gasteiger partial charge in [-0.3, -0.25) is 0 Å². The smallest absolute Gasteiger partial charge is 0.206 e. The van der Waals surface area contributed by atoms with Crippen LogP contribution in [-0.2, 0) is 0 Å². The van der Waals surface area contributed by atoms with Crippen LogP contribution in [0.5, 0.6) is 0 Å². The second-order valence-corrected chi connectivity index (χ2v) is 7.57. The summed E-state index contributed by atoms with van der Waals surface area (Å²) in [5, 5.41) is 0. The van der Waals surface area contributed by atoms with Crippen LogP contribution in [0.4, 0.5) is 13.2 Å². The fourth-order valence-corrected chi connectivity index (χ4v) is 4.67. The molecule has 0 unspecified atom stereocenters.